The smallest absolute Gasteiger partial charge is 0.312 e. The molecule has 3 rings (SSSR count). The van der Waals surface area contributed by atoms with Gasteiger partial charge in [-0.25, -0.2) is 0 Å². The van der Waals surface area contributed by atoms with Gasteiger partial charge in [0.1, 0.15) is 5.75 Å². The summed E-state index contributed by atoms with van der Waals surface area (Å²) in [5, 5.41) is 2.70. The first-order valence-electron chi connectivity index (χ1n) is 9.97. The van der Waals surface area contributed by atoms with E-state index in [1.54, 1.807) is 29.2 Å². The number of anilines is 2. The van der Waals surface area contributed by atoms with Crippen molar-refractivity contribution >= 4 is 29.2 Å². The third-order valence-electron chi connectivity index (χ3n) is 5.15. The Morgan fingerprint density at radius 3 is 2.60 bits per heavy atom. The lowest BCUT2D eigenvalue weighted by Crippen LogP contribution is -2.33. The topological polar surface area (TPSA) is 84.9 Å². The van der Waals surface area contributed by atoms with Gasteiger partial charge in [-0.2, -0.15) is 0 Å². The molecule has 1 N–H and O–H groups in total. The van der Waals surface area contributed by atoms with E-state index in [1.165, 1.54) is 14.0 Å². The number of amides is 2. The van der Waals surface area contributed by atoms with Gasteiger partial charge in [0.15, 0.2) is 6.10 Å². The summed E-state index contributed by atoms with van der Waals surface area (Å²) in [6.07, 6.45) is -0.151. The Morgan fingerprint density at radius 2 is 1.87 bits per heavy atom. The highest BCUT2D eigenvalue weighted by atomic mass is 16.5. The van der Waals surface area contributed by atoms with Gasteiger partial charge in [-0.1, -0.05) is 37.3 Å². The highest BCUT2D eigenvalue weighted by molar-refractivity contribution is 6.01. The van der Waals surface area contributed by atoms with Crippen LogP contribution in [0.15, 0.2) is 48.5 Å². The second-order valence-electron chi connectivity index (χ2n) is 7.16. The third-order valence-corrected chi connectivity index (χ3v) is 5.15. The summed E-state index contributed by atoms with van der Waals surface area (Å²) in [6.45, 7) is 3.77. The molecule has 1 aliphatic rings. The Morgan fingerprint density at radius 1 is 1.17 bits per heavy atom. The molecule has 1 saturated heterocycles. The molecule has 0 radical (unpaired) electrons. The van der Waals surface area contributed by atoms with Crippen LogP contribution >= 0.6 is 0 Å². The van der Waals surface area contributed by atoms with E-state index in [-0.39, 0.29) is 18.9 Å². The van der Waals surface area contributed by atoms with E-state index in [9.17, 15) is 14.4 Å². The first kappa shape index (κ1) is 21.4. The van der Waals surface area contributed by atoms with Crippen LogP contribution in [0.25, 0.3) is 0 Å². The van der Waals surface area contributed by atoms with Crippen LogP contribution in [-0.2, 0) is 25.5 Å². The molecule has 1 aliphatic heterocycles. The number of ether oxygens (including phenoxy) is 2. The van der Waals surface area contributed by atoms with E-state index in [0.717, 1.165) is 17.7 Å². The zero-order valence-electron chi connectivity index (χ0n) is 17.4. The number of hydrogen-bond donors (Lipinski definition) is 1. The summed E-state index contributed by atoms with van der Waals surface area (Å²) in [4.78, 5) is 39.2. The fourth-order valence-corrected chi connectivity index (χ4v) is 3.48. The van der Waals surface area contributed by atoms with Gasteiger partial charge in [0.2, 0.25) is 5.91 Å². The fourth-order valence-electron chi connectivity index (χ4n) is 3.48. The molecule has 2 aromatic carbocycles. The summed E-state index contributed by atoms with van der Waals surface area (Å²) < 4.78 is 10.6. The number of para-hydroxylation sites is 3. The van der Waals surface area contributed by atoms with Gasteiger partial charge in [0, 0.05) is 18.7 Å². The van der Waals surface area contributed by atoms with Crippen LogP contribution in [0.4, 0.5) is 11.4 Å². The van der Waals surface area contributed by atoms with Crippen LogP contribution in [0.2, 0.25) is 0 Å². The van der Waals surface area contributed by atoms with Gasteiger partial charge in [-0.3, -0.25) is 14.4 Å². The van der Waals surface area contributed by atoms with Crippen molar-refractivity contribution in [1.29, 1.82) is 0 Å². The van der Waals surface area contributed by atoms with Crippen molar-refractivity contribution in [1.82, 2.24) is 0 Å². The van der Waals surface area contributed by atoms with Crippen LogP contribution < -0.4 is 15.0 Å². The summed E-state index contributed by atoms with van der Waals surface area (Å²) in [6, 6.07) is 14.6. The Labute approximate surface area is 176 Å². The fraction of sp³-hybridized carbons (Fsp3) is 0.348. The Kier molecular flexibility index (Phi) is 6.72. The lowest BCUT2D eigenvalue weighted by atomic mass is 10.1. The van der Waals surface area contributed by atoms with Crippen molar-refractivity contribution in [2.24, 2.45) is 5.92 Å². The number of nitrogens with zero attached hydrogens (tertiary/aromatic N) is 1. The molecule has 158 valence electrons. The summed E-state index contributed by atoms with van der Waals surface area (Å²) >= 11 is 0. The molecule has 2 unspecified atom stereocenters. The second kappa shape index (κ2) is 9.43. The number of hydrogen-bond acceptors (Lipinski definition) is 5. The van der Waals surface area contributed by atoms with Gasteiger partial charge in [-0.05, 0) is 37.1 Å². The molecular formula is C23H26N2O5. The maximum atomic E-state index is 12.6. The monoisotopic (exact) mass is 410 g/mol. The number of rotatable bonds is 7. The van der Waals surface area contributed by atoms with Crippen LogP contribution in [0.1, 0.15) is 25.8 Å². The molecule has 0 saturated carbocycles. The highest BCUT2D eigenvalue weighted by Gasteiger charge is 2.37. The molecule has 0 aromatic heterocycles. The van der Waals surface area contributed by atoms with E-state index in [2.05, 4.69) is 5.32 Å². The minimum absolute atomic E-state index is 0.0672. The highest BCUT2D eigenvalue weighted by Crippen LogP contribution is 2.29. The number of aryl methyl sites for hydroxylation is 1. The maximum absolute atomic E-state index is 12.6. The number of benzene rings is 2. The number of esters is 1. The van der Waals surface area contributed by atoms with Crippen molar-refractivity contribution in [2.45, 2.75) is 32.8 Å². The zero-order chi connectivity index (χ0) is 21.7. The van der Waals surface area contributed by atoms with Crippen LogP contribution in [0.5, 0.6) is 5.75 Å². The molecule has 7 nitrogen and oxygen atoms in total. The van der Waals surface area contributed by atoms with Crippen LogP contribution in [0, 0.1) is 5.92 Å². The van der Waals surface area contributed by atoms with Gasteiger partial charge in [-0.15, -0.1) is 0 Å². The molecule has 1 fully saturated rings. The number of methoxy groups -OCH3 is 1. The number of carbonyl (C=O) groups excluding carboxylic acids is 3. The van der Waals surface area contributed by atoms with Crippen LogP contribution in [0.3, 0.4) is 0 Å². The molecule has 0 bridgehead atoms. The molecule has 2 atom stereocenters. The largest absolute Gasteiger partial charge is 0.495 e. The van der Waals surface area contributed by atoms with Gasteiger partial charge in [0.05, 0.1) is 18.7 Å². The van der Waals surface area contributed by atoms with Crippen LogP contribution in [-0.4, -0.2) is 37.5 Å². The summed E-state index contributed by atoms with van der Waals surface area (Å²) in [5.74, 6) is -1.24. The van der Waals surface area contributed by atoms with Crippen molar-refractivity contribution in [3.8, 4) is 5.75 Å². The van der Waals surface area contributed by atoms with Gasteiger partial charge >= 0.3 is 5.97 Å². The molecular weight excluding hydrogens is 384 g/mol. The average Bonchev–Trinajstić information content (AvgIpc) is 3.15. The van der Waals surface area contributed by atoms with Crippen molar-refractivity contribution in [3.63, 3.8) is 0 Å². The molecule has 0 aliphatic carbocycles. The van der Waals surface area contributed by atoms with Crippen molar-refractivity contribution < 1.29 is 23.9 Å². The van der Waals surface area contributed by atoms with E-state index in [1.807, 2.05) is 31.2 Å². The molecule has 30 heavy (non-hydrogen) atoms. The Balaban J connectivity index is 1.62. The Hall–Kier alpha value is -3.35. The van der Waals surface area contributed by atoms with Crippen molar-refractivity contribution in [2.75, 3.05) is 23.9 Å². The maximum Gasteiger partial charge on any atom is 0.312 e. The van der Waals surface area contributed by atoms with E-state index in [4.69, 9.17) is 9.47 Å². The van der Waals surface area contributed by atoms with E-state index < -0.39 is 23.9 Å². The minimum Gasteiger partial charge on any atom is -0.495 e. The number of nitrogens with one attached hydrogen (secondary N) is 1. The molecule has 1 heterocycles. The number of carbonyl (C=O) groups is 3. The standard InChI is InChI=1S/C23H26N2O5/c1-4-16-9-5-7-11-19(16)25-14-17(13-21(25)26)23(28)30-15(2)22(27)24-18-10-6-8-12-20(18)29-3/h5-12,15,17H,4,13-14H2,1-3H3,(H,24,27). The zero-order valence-corrected chi connectivity index (χ0v) is 17.4. The Bertz CT molecular complexity index is 943. The quantitative estimate of drug-likeness (QED) is 0.709. The van der Waals surface area contributed by atoms with Gasteiger partial charge < -0.3 is 19.7 Å². The normalized spacial score (nSPS) is 16.8. The molecule has 7 heteroatoms. The summed E-state index contributed by atoms with van der Waals surface area (Å²) in [7, 11) is 1.51. The van der Waals surface area contributed by atoms with Crippen molar-refractivity contribution in [3.05, 3.63) is 54.1 Å². The van der Waals surface area contributed by atoms with E-state index >= 15 is 0 Å². The second-order valence-corrected chi connectivity index (χ2v) is 7.16. The molecule has 2 aromatic rings. The predicted molar refractivity (Wildman–Crippen MR) is 113 cm³/mol. The third kappa shape index (κ3) is 4.62. The average molecular weight is 410 g/mol. The molecule has 2 amide bonds. The SMILES string of the molecule is CCc1ccccc1N1CC(C(=O)OC(C)C(=O)Nc2ccccc2OC)CC1=O. The predicted octanol–water partition coefficient (Wildman–Crippen LogP) is 3.18. The lowest BCUT2D eigenvalue weighted by Gasteiger charge is -2.20. The molecule has 0 spiro atoms. The first-order chi connectivity index (χ1) is 14.4. The first-order valence-corrected chi connectivity index (χ1v) is 9.97. The minimum atomic E-state index is -1.01. The van der Waals surface area contributed by atoms with Gasteiger partial charge in [0.25, 0.3) is 5.91 Å². The summed E-state index contributed by atoms with van der Waals surface area (Å²) in [5.41, 5.74) is 2.36. The lowest BCUT2D eigenvalue weighted by molar-refractivity contribution is -0.157. The van der Waals surface area contributed by atoms with E-state index in [0.29, 0.717) is 11.4 Å².